The normalized spacial score (nSPS) is 11.9. The average Bonchev–Trinajstić information content (AvgIpc) is 2.43. The molecule has 0 fully saturated rings. The van der Waals surface area contributed by atoms with Crippen molar-refractivity contribution < 1.29 is 4.79 Å². The first kappa shape index (κ1) is 15.0. The van der Waals surface area contributed by atoms with Crippen LogP contribution in [0.4, 0.5) is 5.69 Å². The Balaban J connectivity index is 2.01. The van der Waals surface area contributed by atoms with E-state index in [4.69, 9.17) is 0 Å². The van der Waals surface area contributed by atoms with Gasteiger partial charge in [0.25, 0.3) is 0 Å². The van der Waals surface area contributed by atoms with Crippen molar-refractivity contribution in [2.24, 2.45) is 0 Å². The van der Waals surface area contributed by atoms with E-state index >= 15 is 0 Å². The molecule has 1 N–H and O–H groups in total. The number of halogens is 1. The number of aromatic nitrogens is 2. The standard InChI is InChI=1S/C14H14BrN3OS/c1-9-4-5-12(11(15)8-9)18-13(19)10(2)20-14-16-6-3-7-17-14/h3-8,10H,1-2H3,(H,18,19). The first-order valence-electron chi connectivity index (χ1n) is 6.07. The Hall–Kier alpha value is -1.40. The highest BCUT2D eigenvalue weighted by Crippen LogP contribution is 2.25. The molecular weight excluding hydrogens is 338 g/mol. The van der Waals surface area contributed by atoms with E-state index in [9.17, 15) is 4.79 Å². The molecule has 1 atom stereocenters. The zero-order chi connectivity index (χ0) is 14.5. The van der Waals surface area contributed by atoms with E-state index in [1.54, 1.807) is 18.5 Å². The molecule has 1 aromatic heterocycles. The van der Waals surface area contributed by atoms with Gasteiger partial charge in [-0.05, 0) is 53.5 Å². The summed E-state index contributed by atoms with van der Waals surface area (Å²) in [4.78, 5) is 20.3. The van der Waals surface area contributed by atoms with Crippen molar-refractivity contribution in [3.8, 4) is 0 Å². The van der Waals surface area contributed by atoms with E-state index in [2.05, 4.69) is 31.2 Å². The van der Waals surface area contributed by atoms with Crippen molar-refractivity contribution in [3.63, 3.8) is 0 Å². The van der Waals surface area contributed by atoms with Crippen LogP contribution in [0, 0.1) is 6.92 Å². The topological polar surface area (TPSA) is 54.9 Å². The SMILES string of the molecule is Cc1ccc(NC(=O)C(C)Sc2ncccn2)c(Br)c1. The number of anilines is 1. The monoisotopic (exact) mass is 351 g/mol. The molecule has 0 saturated carbocycles. The lowest BCUT2D eigenvalue weighted by molar-refractivity contribution is -0.115. The number of benzene rings is 1. The number of amides is 1. The lowest BCUT2D eigenvalue weighted by Gasteiger charge is -2.12. The van der Waals surface area contributed by atoms with Gasteiger partial charge in [0.1, 0.15) is 0 Å². The van der Waals surface area contributed by atoms with Gasteiger partial charge >= 0.3 is 0 Å². The van der Waals surface area contributed by atoms with Gasteiger partial charge in [-0.3, -0.25) is 4.79 Å². The first-order valence-corrected chi connectivity index (χ1v) is 7.74. The van der Waals surface area contributed by atoms with Crippen LogP contribution in [0.15, 0.2) is 46.3 Å². The molecule has 0 aliphatic rings. The zero-order valence-corrected chi connectivity index (χ0v) is 13.5. The van der Waals surface area contributed by atoms with Crippen molar-refractivity contribution in [3.05, 3.63) is 46.7 Å². The number of thioether (sulfide) groups is 1. The maximum Gasteiger partial charge on any atom is 0.237 e. The smallest absolute Gasteiger partial charge is 0.237 e. The number of hydrogen-bond donors (Lipinski definition) is 1. The minimum absolute atomic E-state index is 0.0768. The summed E-state index contributed by atoms with van der Waals surface area (Å²) in [6.07, 6.45) is 3.33. The first-order chi connectivity index (χ1) is 9.56. The molecule has 0 aliphatic heterocycles. The van der Waals surface area contributed by atoms with Crippen LogP contribution in [0.3, 0.4) is 0 Å². The molecule has 1 amide bonds. The maximum absolute atomic E-state index is 12.1. The molecule has 4 nitrogen and oxygen atoms in total. The number of nitrogens with one attached hydrogen (secondary N) is 1. The molecule has 0 spiro atoms. The van der Waals surface area contributed by atoms with E-state index in [0.717, 1.165) is 15.7 Å². The third kappa shape index (κ3) is 4.05. The second kappa shape index (κ2) is 6.85. The maximum atomic E-state index is 12.1. The number of rotatable bonds is 4. The van der Waals surface area contributed by atoms with Crippen LogP contribution in [0.5, 0.6) is 0 Å². The predicted octanol–water partition coefficient (Wildman–Crippen LogP) is 3.67. The van der Waals surface area contributed by atoms with Gasteiger partial charge in [-0.2, -0.15) is 0 Å². The fourth-order valence-corrected chi connectivity index (χ4v) is 2.83. The summed E-state index contributed by atoms with van der Waals surface area (Å²) in [7, 11) is 0. The summed E-state index contributed by atoms with van der Waals surface area (Å²) in [5.41, 5.74) is 1.90. The lowest BCUT2D eigenvalue weighted by atomic mass is 10.2. The molecule has 6 heteroatoms. The van der Waals surface area contributed by atoms with E-state index in [-0.39, 0.29) is 11.2 Å². The number of carbonyl (C=O) groups is 1. The highest BCUT2D eigenvalue weighted by atomic mass is 79.9. The summed E-state index contributed by atoms with van der Waals surface area (Å²) < 4.78 is 0.874. The highest BCUT2D eigenvalue weighted by Gasteiger charge is 2.16. The fourth-order valence-electron chi connectivity index (χ4n) is 1.51. The molecule has 104 valence electrons. The largest absolute Gasteiger partial charge is 0.324 e. The third-order valence-corrected chi connectivity index (χ3v) is 4.22. The zero-order valence-electron chi connectivity index (χ0n) is 11.1. The van der Waals surface area contributed by atoms with E-state index in [1.807, 2.05) is 32.0 Å². The number of carbonyl (C=O) groups excluding carboxylic acids is 1. The summed E-state index contributed by atoms with van der Waals surface area (Å²) in [5.74, 6) is -0.0768. The van der Waals surface area contributed by atoms with Crippen molar-refractivity contribution in [2.45, 2.75) is 24.3 Å². The molecule has 2 aromatic rings. The predicted molar refractivity (Wildman–Crippen MR) is 84.9 cm³/mol. The molecule has 0 bridgehead atoms. The minimum atomic E-state index is -0.273. The van der Waals surface area contributed by atoms with Gasteiger partial charge in [0.2, 0.25) is 5.91 Å². The Morgan fingerprint density at radius 2 is 2.05 bits per heavy atom. The van der Waals surface area contributed by atoms with Gasteiger partial charge in [-0.15, -0.1) is 0 Å². The van der Waals surface area contributed by atoms with Gasteiger partial charge in [0.15, 0.2) is 5.16 Å². The Bertz CT molecular complexity index is 607. The molecule has 20 heavy (non-hydrogen) atoms. The Kier molecular flexibility index (Phi) is 5.14. The molecule has 1 heterocycles. The molecule has 1 aromatic carbocycles. The lowest BCUT2D eigenvalue weighted by Crippen LogP contribution is -2.22. The summed E-state index contributed by atoms with van der Waals surface area (Å²) in [6.45, 7) is 3.83. The highest BCUT2D eigenvalue weighted by molar-refractivity contribution is 9.10. The Labute approximate surface area is 130 Å². The number of nitrogens with zero attached hydrogens (tertiary/aromatic N) is 2. The Morgan fingerprint density at radius 1 is 1.35 bits per heavy atom. The van der Waals surface area contributed by atoms with Gasteiger partial charge in [-0.1, -0.05) is 17.8 Å². The fraction of sp³-hybridized carbons (Fsp3) is 0.214. The quantitative estimate of drug-likeness (QED) is 0.674. The van der Waals surface area contributed by atoms with Crippen molar-refractivity contribution in [1.82, 2.24) is 9.97 Å². The molecule has 0 aliphatic carbocycles. The van der Waals surface area contributed by atoms with Crippen LogP contribution in [0.25, 0.3) is 0 Å². The second-order valence-corrected chi connectivity index (χ2v) is 6.43. The van der Waals surface area contributed by atoms with Gasteiger partial charge in [0, 0.05) is 16.9 Å². The van der Waals surface area contributed by atoms with Crippen LogP contribution in [-0.4, -0.2) is 21.1 Å². The van der Waals surface area contributed by atoms with Crippen LogP contribution in [0.1, 0.15) is 12.5 Å². The number of aryl methyl sites for hydroxylation is 1. The summed E-state index contributed by atoms with van der Waals surface area (Å²) in [5, 5.41) is 3.22. The molecule has 0 saturated heterocycles. The molecule has 0 radical (unpaired) electrons. The van der Waals surface area contributed by atoms with Gasteiger partial charge < -0.3 is 5.32 Å². The Morgan fingerprint density at radius 3 is 2.70 bits per heavy atom. The van der Waals surface area contributed by atoms with Crippen LogP contribution >= 0.6 is 27.7 Å². The van der Waals surface area contributed by atoms with Crippen LogP contribution in [-0.2, 0) is 4.79 Å². The number of hydrogen-bond acceptors (Lipinski definition) is 4. The third-order valence-electron chi connectivity index (χ3n) is 2.58. The van der Waals surface area contributed by atoms with Crippen LogP contribution in [0.2, 0.25) is 0 Å². The second-order valence-electron chi connectivity index (χ2n) is 4.26. The van der Waals surface area contributed by atoms with Crippen LogP contribution < -0.4 is 5.32 Å². The molecule has 2 rings (SSSR count). The molecule has 1 unspecified atom stereocenters. The van der Waals surface area contributed by atoms with Crippen molar-refractivity contribution >= 4 is 39.3 Å². The van der Waals surface area contributed by atoms with E-state index in [1.165, 1.54) is 11.8 Å². The summed E-state index contributed by atoms with van der Waals surface area (Å²) >= 11 is 4.78. The summed E-state index contributed by atoms with van der Waals surface area (Å²) in [6, 6.07) is 7.55. The van der Waals surface area contributed by atoms with E-state index in [0.29, 0.717) is 5.16 Å². The van der Waals surface area contributed by atoms with Crippen molar-refractivity contribution in [1.29, 1.82) is 0 Å². The van der Waals surface area contributed by atoms with E-state index < -0.39 is 0 Å². The minimum Gasteiger partial charge on any atom is -0.324 e. The average molecular weight is 352 g/mol. The van der Waals surface area contributed by atoms with Gasteiger partial charge in [-0.25, -0.2) is 9.97 Å². The molecular formula is C14H14BrN3OS. The van der Waals surface area contributed by atoms with Crippen molar-refractivity contribution in [2.75, 3.05) is 5.32 Å². The van der Waals surface area contributed by atoms with Gasteiger partial charge in [0.05, 0.1) is 10.9 Å².